The Morgan fingerprint density at radius 2 is 1.88 bits per heavy atom. The van der Waals surface area contributed by atoms with Crippen LogP contribution >= 0.6 is 0 Å². The highest BCUT2D eigenvalue weighted by molar-refractivity contribution is 5.74. The van der Waals surface area contributed by atoms with Gasteiger partial charge in [-0.2, -0.15) is 0 Å². The van der Waals surface area contributed by atoms with E-state index in [0.29, 0.717) is 12.2 Å². The molecule has 0 spiro atoms. The van der Waals surface area contributed by atoms with Crippen LogP contribution < -0.4 is 16.0 Å². The molecule has 2 aromatic rings. The van der Waals surface area contributed by atoms with Crippen molar-refractivity contribution in [2.24, 2.45) is 0 Å². The van der Waals surface area contributed by atoms with Crippen LogP contribution in [-0.4, -0.2) is 34.7 Å². The van der Waals surface area contributed by atoms with Gasteiger partial charge in [-0.1, -0.05) is 6.07 Å². The molecule has 0 radical (unpaired) electrons. The molecule has 7 heteroatoms. The highest BCUT2D eigenvalue weighted by Gasteiger charge is 2.14. The van der Waals surface area contributed by atoms with Gasteiger partial charge < -0.3 is 21.1 Å². The highest BCUT2D eigenvalue weighted by atomic mass is 19.1. The predicted octanol–water partition coefficient (Wildman–Crippen LogP) is 2.27. The highest BCUT2D eigenvalue weighted by Crippen LogP contribution is 2.15. The van der Waals surface area contributed by atoms with Gasteiger partial charge in [0, 0.05) is 25.1 Å². The fourth-order valence-electron chi connectivity index (χ4n) is 2.62. The van der Waals surface area contributed by atoms with Gasteiger partial charge in [0.15, 0.2) is 11.6 Å². The topological polar surface area (TPSA) is 82.1 Å². The van der Waals surface area contributed by atoms with Gasteiger partial charge in [0.05, 0.1) is 23.3 Å². The van der Waals surface area contributed by atoms with E-state index in [0.717, 1.165) is 16.6 Å². The number of nitrogens with zero attached hydrogens (tertiary/aromatic N) is 2. The molecule has 132 valence electrons. The van der Waals surface area contributed by atoms with E-state index in [-0.39, 0.29) is 12.3 Å². The van der Waals surface area contributed by atoms with E-state index in [4.69, 9.17) is 0 Å². The van der Waals surface area contributed by atoms with E-state index >= 15 is 0 Å². The molecule has 0 atom stereocenters. The van der Waals surface area contributed by atoms with Gasteiger partial charge in [0.2, 0.25) is 0 Å². The zero-order valence-electron chi connectivity index (χ0n) is 13.9. The second-order valence-electron chi connectivity index (χ2n) is 5.88. The molecule has 1 fully saturated rings. The Labute approximate surface area is 145 Å². The van der Waals surface area contributed by atoms with Crippen LogP contribution in [0.4, 0.5) is 4.39 Å². The SMILES string of the molecule is C1CCNC1.OC1=C(F)CNC=C1NCc1ccc2nccnc2c1. The molecule has 2 aliphatic rings. The predicted molar refractivity (Wildman–Crippen MR) is 95.3 cm³/mol. The Morgan fingerprint density at radius 3 is 2.60 bits per heavy atom. The average Bonchev–Trinajstić information content (AvgIpc) is 3.23. The van der Waals surface area contributed by atoms with E-state index in [1.54, 1.807) is 18.6 Å². The summed E-state index contributed by atoms with van der Waals surface area (Å²) in [5, 5.41) is 18.5. The van der Waals surface area contributed by atoms with Crippen LogP contribution in [0.1, 0.15) is 18.4 Å². The van der Waals surface area contributed by atoms with Gasteiger partial charge in [0.1, 0.15) is 0 Å². The Kier molecular flexibility index (Phi) is 5.79. The Hall–Kier alpha value is -2.67. The maximum atomic E-state index is 13.2. The van der Waals surface area contributed by atoms with Crippen molar-refractivity contribution in [2.75, 3.05) is 19.6 Å². The van der Waals surface area contributed by atoms with Crippen LogP contribution in [0.2, 0.25) is 0 Å². The zero-order valence-corrected chi connectivity index (χ0v) is 13.9. The summed E-state index contributed by atoms with van der Waals surface area (Å²) in [5.74, 6) is -0.913. The van der Waals surface area contributed by atoms with E-state index in [1.165, 1.54) is 25.9 Å². The van der Waals surface area contributed by atoms with Crippen molar-refractivity contribution >= 4 is 11.0 Å². The Balaban J connectivity index is 0.000000314. The first-order chi connectivity index (χ1) is 12.2. The molecule has 1 aromatic heterocycles. The molecule has 0 bridgehead atoms. The number of hydrogen-bond donors (Lipinski definition) is 4. The normalized spacial score (nSPS) is 16.8. The lowest BCUT2D eigenvalue weighted by Gasteiger charge is -2.16. The summed E-state index contributed by atoms with van der Waals surface area (Å²) in [4.78, 5) is 8.42. The fraction of sp³-hybridized carbons (Fsp3) is 0.333. The fourth-order valence-corrected chi connectivity index (χ4v) is 2.62. The van der Waals surface area contributed by atoms with Gasteiger partial charge in [-0.25, -0.2) is 4.39 Å². The second-order valence-corrected chi connectivity index (χ2v) is 5.88. The third-order valence-corrected chi connectivity index (χ3v) is 3.99. The summed E-state index contributed by atoms with van der Waals surface area (Å²) < 4.78 is 13.2. The molecular weight excluding hydrogens is 321 g/mol. The first kappa shape index (κ1) is 17.2. The first-order valence-corrected chi connectivity index (χ1v) is 8.40. The van der Waals surface area contributed by atoms with Crippen molar-refractivity contribution in [1.29, 1.82) is 0 Å². The van der Waals surface area contributed by atoms with Gasteiger partial charge in [-0.15, -0.1) is 0 Å². The second kappa shape index (κ2) is 8.43. The molecule has 0 unspecified atom stereocenters. The number of aliphatic hydroxyl groups is 1. The first-order valence-electron chi connectivity index (χ1n) is 8.40. The number of halogens is 1. The number of benzene rings is 1. The van der Waals surface area contributed by atoms with E-state index in [9.17, 15) is 9.50 Å². The van der Waals surface area contributed by atoms with Gasteiger partial charge in [0.25, 0.3) is 0 Å². The largest absolute Gasteiger partial charge is 0.504 e. The molecule has 25 heavy (non-hydrogen) atoms. The number of aliphatic hydroxyl groups excluding tert-OH is 1. The minimum absolute atomic E-state index is 0.0164. The summed E-state index contributed by atoms with van der Waals surface area (Å²) in [6.45, 7) is 2.97. The molecule has 1 saturated heterocycles. The third kappa shape index (κ3) is 4.67. The Bertz CT molecular complexity index is 778. The number of fused-ring (bicyclic) bond motifs is 1. The summed E-state index contributed by atoms with van der Waals surface area (Å²) >= 11 is 0. The van der Waals surface area contributed by atoms with Crippen molar-refractivity contribution in [3.8, 4) is 0 Å². The average molecular weight is 343 g/mol. The van der Waals surface area contributed by atoms with Crippen LogP contribution in [0.25, 0.3) is 11.0 Å². The molecule has 2 aliphatic heterocycles. The lowest BCUT2D eigenvalue weighted by Crippen LogP contribution is -2.24. The number of dihydropyridines is 1. The van der Waals surface area contributed by atoms with Crippen LogP contribution in [0, 0.1) is 0 Å². The van der Waals surface area contributed by atoms with Crippen LogP contribution in [0.15, 0.2) is 54.1 Å². The maximum Gasteiger partial charge on any atom is 0.173 e. The molecule has 0 aliphatic carbocycles. The summed E-state index contributed by atoms with van der Waals surface area (Å²) in [6, 6.07) is 5.70. The third-order valence-electron chi connectivity index (χ3n) is 3.99. The van der Waals surface area contributed by atoms with Crippen LogP contribution in [0.5, 0.6) is 0 Å². The van der Waals surface area contributed by atoms with Gasteiger partial charge in [-0.05, 0) is 43.6 Å². The molecule has 0 saturated carbocycles. The summed E-state index contributed by atoms with van der Waals surface area (Å²) in [6.07, 6.45) is 7.61. The monoisotopic (exact) mass is 343 g/mol. The number of hydrogen-bond acceptors (Lipinski definition) is 6. The minimum atomic E-state index is -0.570. The van der Waals surface area contributed by atoms with Crippen LogP contribution in [0.3, 0.4) is 0 Å². The Morgan fingerprint density at radius 1 is 1.12 bits per heavy atom. The maximum absolute atomic E-state index is 13.2. The van der Waals surface area contributed by atoms with Crippen molar-refractivity contribution in [2.45, 2.75) is 19.4 Å². The lowest BCUT2D eigenvalue weighted by atomic mass is 10.2. The van der Waals surface area contributed by atoms with E-state index < -0.39 is 5.83 Å². The molecule has 1 aromatic carbocycles. The van der Waals surface area contributed by atoms with E-state index in [1.807, 2.05) is 18.2 Å². The van der Waals surface area contributed by atoms with Crippen LogP contribution in [-0.2, 0) is 6.54 Å². The van der Waals surface area contributed by atoms with Crippen molar-refractivity contribution in [3.05, 3.63) is 59.6 Å². The summed E-state index contributed by atoms with van der Waals surface area (Å²) in [5.41, 5.74) is 2.93. The molecule has 4 rings (SSSR count). The minimum Gasteiger partial charge on any atom is -0.504 e. The smallest absolute Gasteiger partial charge is 0.173 e. The van der Waals surface area contributed by atoms with Gasteiger partial charge >= 0.3 is 0 Å². The number of nitrogens with one attached hydrogen (secondary N) is 3. The molecular formula is C18H22FN5O. The quantitative estimate of drug-likeness (QED) is 0.684. The van der Waals surface area contributed by atoms with Crippen molar-refractivity contribution < 1.29 is 9.50 Å². The van der Waals surface area contributed by atoms with Gasteiger partial charge in [-0.3, -0.25) is 9.97 Å². The molecule has 4 N–H and O–H groups in total. The lowest BCUT2D eigenvalue weighted by molar-refractivity contribution is 0.370. The standard InChI is InChI=1S/C14H13FN4O.C4H9N/c15-10-7-16-8-13(14(10)20)19-6-9-1-2-11-12(5-9)18-4-3-17-11;1-2-4-5-3-1/h1-5,8,16,19-20H,6-7H2;5H,1-4H2. The zero-order chi connectivity index (χ0) is 17.5. The molecule has 3 heterocycles. The van der Waals surface area contributed by atoms with Crippen molar-refractivity contribution in [1.82, 2.24) is 25.9 Å². The van der Waals surface area contributed by atoms with Crippen molar-refractivity contribution in [3.63, 3.8) is 0 Å². The number of rotatable bonds is 3. The summed E-state index contributed by atoms with van der Waals surface area (Å²) in [7, 11) is 0. The van der Waals surface area contributed by atoms with E-state index in [2.05, 4.69) is 25.9 Å². The molecule has 0 amide bonds. The molecule has 6 nitrogen and oxygen atoms in total. The number of aromatic nitrogens is 2.